The van der Waals surface area contributed by atoms with Gasteiger partial charge in [-0.05, 0) is 37.6 Å². The largest absolute Gasteiger partial charge is 0.369 e. The van der Waals surface area contributed by atoms with Crippen LogP contribution in [0.1, 0.15) is 18.4 Å². The Bertz CT molecular complexity index is 445. The van der Waals surface area contributed by atoms with E-state index in [4.69, 9.17) is 5.73 Å². The van der Waals surface area contributed by atoms with Crippen LogP contribution in [-0.4, -0.2) is 32.6 Å². The highest BCUT2D eigenvalue weighted by Gasteiger charge is 2.23. The van der Waals surface area contributed by atoms with Gasteiger partial charge in [0.2, 0.25) is 5.91 Å². The number of carbonyl (C=O) groups excluding carboxylic acids is 1. The van der Waals surface area contributed by atoms with E-state index in [1.165, 1.54) is 5.56 Å². The van der Waals surface area contributed by atoms with Crippen LogP contribution in [0.3, 0.4) is 0 Å². The van der Waals surface area contributed by atoms with Gasteiger partial charge in [-0.1, -0.05) is 6.07 Å². The van der Waals surface area contributed by atoms with E-state index in [1.54, 1.807) is 4.90 Å². The molecule has 1 aliphatic rings. The minimum Gasteiger partial charge on any atom is -0.369 e. The van der Waals surface area contributed by atoms with E-state index in [0.29, 0.717) is 13.0 Å². The summed E-state index contributed by atoms with van der Waals surface area (Å²) < 4.78 is 0. The monoisotopic (exact) mass is 247 g/mol. The molecule has 2 rings (SSSR count). The fourth-order valence-electron chi connectivity index (χ4n) is 2.34. The van der Waals surface area contributed by atoms with E-state index in [2.05, 4.69) is 23.1 Å². The maximum absolute atomic E-state index is 12.0. The molecule has 0 atom stereocenters. The first-order valence-electron chi connectivity index (χ1n) is 6.45. The molecule has 98 valence electrons. The van der Waals surface area contributed by atoms with E-state index in [1.807, 2.05) is 14.0 Å². The minimum absolute atomic E-state index is 0.178. The zero-order valence-corrected chi connectivity index (χ0v) is 11.1. The fourth-order valence-corrected chi connectivity index (χ4v) is 2.34. The molecule has 1 aliphatic heterocycles. The number of rotatable bonds is 3. The van der Waals surface area contributed by atoms with Crippen LogP contribution in [0.2, 0.25) is 0 Å². The first-order chi connectivity index (χ1) is 8.63. The first kappa shape index (κ1) is 12.9. The first-order valence-corrected chi connectivity index (χ1v) is 6.45. The highest BCUT2D eigenvalue weighted by Crippen LogP contribution is 2.32. The molecule has 0 spiro atoms. The summed E-state index contributed by atoms with van der Waals surface area (Å²) in [5.74, 6) is 0.178. The number of nitrogens with two attached hydrogens (primary N) is 1. The van der Waals surface area contributed by atoms with Crippen molar-refractivity contribution in [1.82, 2.24) is 0 Å². The molecular weight excluding hydrogens is 226 g/mol. The van der Waals surface area contributed by atoms with E-state index in [-0.39, 0.29) is 5.91 Å². The Labute approximate surface area is 108 Å². The van der Waals surface area contributed by atoms with Crippen LogP contribution in [0.15, 0.2) is 18.2 Å². The predicted molar refractivity (Wildman–Crippen MR) is 75.1 cm³/mol. The molecule has 1 heterocycles. The third-order valence-electron chi connectivity index (χ3n) is 3.43. The number of hydrogen-bond donors (Lipinski definition) is 1. The number of benzene rings is 1. The van der Waals surface area contributed by atoms with Crippen molar-refractivity contribution in [3.05, 3.63) is 23.8 Å². The second-order valence-corrected chi connectivity index (χ2v) is 4.82. The fraction of sp³-hybridized carbons (Fsp3) is 0.500. The summed E-state index contributed by atoms with van der Waals surface area (Å²) in [6, 6.07) is 6.28. The molecule has 0 saturated heterocycles. The maximum Gasteiger partial charge on any atom is 0.228 e. The lowest BCUT2D eigenvalue weighted by atomic mass is 10.1. The lowest BCUT2D eigenvalue weighted by Crippen LogP contribution is -2.27. The normalized spacial score (nSPS) is 15.6. The molecule has 18 heavy (non-hydrogen) atoms. The number of aryl methyl sites for hydroxylation is 1. The van der Waals surface area contributed by atoms with Crippen molar-refractivity contribution in [1.29, 1.82) is 0 Å². The maximum atomic E-state index is 12.0. The quantitative estimate of drug-likeness (QED) is 0.881. The Morgan fingerprint density at radius 1 is 1.33 bits per heavy atom. The van der Waals surface area contributed by atoms with Gasteiger partial charge in [-0.3, -0.25) is 4.79 Å². The van der Waals surface area contributed by atoms with Gasteiger partial charge in [0.1, 0.15) is 0 Å². The third-order valence-corrected chi connectivity index (χ3v) is 3.43. The van der Waals surface area contributed by atoms with E-state index in [9.17, 15) is 4.79 Å². The standard InChI is InChI=1S/C14H21N3O/c1-11-4-5-12-13(10-11)16(2)14(18)6-9-17(12)8-3-7-15/h4-5,10H,3,6-9,15H2,1-2H3. The molecule has 0 aromatic heterocycles. The lowest BCUT2D eigenvalue weighted by Gasteiger charge is -2.25. The summed E-state index contributed by atoms with van der Waals surface area (Å²) in [4.78, 5) is 16.0. The Hall–Kier alpha value is -1.55. The van der Waals surface area contributed by atoms with Gasteiger partial charge in [0.15, 0.2) is 0 Å². The van der Waals surface area contributed by atoms with Crippen molar-refractivity contribution in [2.45, 2.75) is 19.8 Å². The summed E-state index contributed by atoms with van der Waals surface area (Å²) in [7, 11) is 1.85. The van der Waals surface area contributed by atoms with Crippen molar-refractivity contribution >= 4 is 17.3 Å². The number of amides is 1. The van der Waals surface area contributed by atoms with Gasteiger partial charge >= 0.3 is 0 Å². The molecule has 1 amide bonds. The van der Waals surface area contributed by atoms with Gasteiger partial charge in [-0.2, -0.15) is 0 Å². The van der Waals surface area contributed by atoms with Crippen LogP contribution in [-0.2, 0) is 4.79 Å². The molecule has 0 radical (unpaired) electrons. The average Bonchev–Trinajstić information content (AvgIpc) is 2.48. The van der Waals surface area contributed by atoms with Crippen molar-refractivity contribution in [2.24, 2.45) is 5.73 Å². The van der Waals surface area contributed by atoms with Crippen molar-refractivity contribution in [3.8, 4) is 0 Å². The zero-order chi connectivity index (χ0) is 13.1. The summed E-state index contributed by atoms with van der Waals surface area (Å²) in [5, 5.41) is 0. The Balaban J connectivity index is 2.37. The predicted octanol–water partition coefficient (Wildman–Crippen LogP) is 1.52. The van der Waals surface area contributed by atoms with E-state index >= 15 is 0 Å². The molecule has 4 nitrogen and oxygen atoms in total. The lowest BCUT2D eigenvalue weighted by molar-refractivity contribution is -0.118. The number of carbonyl (C=O) groups is 1. The van der Waals surface area contributed by atoms with Crippen LogP contribution in [0.25, 0.3) is 0 Å². The number of anilines is 2. The van der Waals surface area contributed by atoms with Gasteiger partial charge in [-0.15, -0.1) is 0 Å². The Morgan fingerprint density at radius 3 is 2.83 bits per heavy atom. The average molecular weight is 247 g/mol. The van der Waals surface area contributed by atoms with E-state index in [0.717, 1.165) is 30.9 Å². The zero-order valence-electron chi connectivity index (χ0n) is 11.1. The van der Waals surface area contributed by atoms with Gasteiger partial charge in [0.25, 0.3) is 0 Å². The second-order valence-electron chi connectivity index (χ2n) is 4.82. The van der Waals surface area contributed by atoms with Gasteiger partial charge in [0.05, 0.1) is 11.4 Å². The highest BCUT2D eigenvalue weighted by molar-refractivity contribution is 5.98. The summed E-state index contributed by atoms with van der Waals surface area (Å²) >= 11 is 0. The van der Waals surface area contributed by atoms with Crippen molar-refractivity contribution in [2.75, 3.05) is 36.5 Å². The third kappa shape index (κ3) is 2.48. The summed E-state index contributed by atoms with van der Waals surface area (Å²) in [6.07, 6.45) is 1.51. The van der Waals surface area contributed by atoms with Crippen LogP contribution in [0, 0.1) is 6.92 Å². The molecular formula is C14H21N3O. The molecule has 4 heteroatoms. The number of fused-ring (bicyclic) bond motifs is 1. The minimum atomic E-state index is 0.178. The van der Waals surface area contributed by atoms with Crippen molar-refractivity contribution < 1.29 is 4.79 Å². The van der Waals surface area contributed by atoms with Crippen LogP contribution >= 0.6 is 0 Å². The van der Waals surface area contributed by atoms with Crippen molar-refractivity contribution in [3.63, 3.8) is 0 Å². The number of hydrogen-bond acceptors (Lipinski definition) is 3. The molecule has 2 N–H and O–H groups in total. The second kappa shape index (κ2) is 5.40. The molecule has 0 bridgehead atoms. The van der Waals surface area contributed by atoms with Crippen LogP contribution < -0.4 is 15.5 Å². The van der Waals surface area contributed by atoms with Crippen LogP contribution in [0.4, 0.5) is 11.4 Å². The Kier molecular flexibility index (Phi) is 3.87. The summed E-state index contributed by atoms with van der Waals surface area (Å²) in [6.45, 7) is 4.42. The van der Waals surface area contributed by atoms with Gasteiger partial charge in [-0.25, -0.2) is 0 Å². The molecule has 0 saturated carbocycles. The molecule has 0 aliphatic carbocycles. The highest BCUT2D eigenvalue weighted by atomic mass is 16.2. The van der Waals surface area contributed by atoms with Gasteiger partial charge in [0, 0.05) is 26.6 Å². The molecule has 0 unspecified atom stereocenters. The topological polar surface area (TPSA) is 49.6 Å². The molecule has 1 aromatic rings. The SMILES string of the molecule is Cc1ccc2c(c1)N(C)C(=O)CCN2CCCN. The van der Waals surface area contributed by atoms with Gasteiger partial charge < -0.3 is 15.5 Å². The smallest absolute Gasteiger partial charge is 0.228 e. The molecule has 0 fully saturated rings. The Morgan fingerprint density at radius 2 is 2.11 bits per heavy atom. The summed E-state index contributed by atoms with van der Waals surface area (Å²) in [5.41, 5.74) is 8.90. The van der Waals surface area contributed by atoms with E-state index < -0.39 is 0 Å². The molecule has 1 aromatic carbocycles. The van der Waals surface area contributed by atoms with Crippen LogP contribution in [0.5, 0.6) is 0 Å². The number of nitrogens with zero attached hydrogens (tertiary/aromatic N) is 2.